The number of hydrogen-bond donors (Lipinski definition) is 3. The van der Waals surface area contributed by atoms with Gasteiger partial charge in [-0.25, -0.2) is 0 Å². The maximum absolute atomic E-state index is 12.4. The summed E-state index contributed by atoms with van der Waals surface area (Å²) in [7, 11) is 0. The molecule has 1 fully saturated rings. The van der Waals surface area contributed by atoms with Crippen molar-refractivity contribution in [2.24, 2.45) is 0 Å². The highest BCUT2D eigenvalue weighted by molar-refractivity contribution is 8.18. The molecule has 7 nitrogen and oxygen atoms in total. The Hall–Kier alpha value is -3.26. The third-order valence-corrected chi connectivity index (χ3v) is 4.72. The second kappa shape index (κ2) is 7.96. The van der Waals surface area contributed by atoms with Crippen molar-refractivity contribution in [2.75, 3.05) is 6.54 Å². The Bertz CT molecular complexity index is 927. The number of carbonyl (C=O) groups is 3. The van der Waals surface area contributed by atoms with Crippen LogP contribution in [0.25, 0.3) is 6.08 Å². The summed E-state index contributed by atoms with van der Waals surface area (Å²) >= 11 is 0.691. The number of imide groups is 1. The fourth-order valence-corrected chi connectivity index (χ4v) is 3.26. The van der Waals surface area contributed by atoms with Crippen molar-refractivity contribution in [2.45, 2.75) is 6.54 Å². The van der Waals surface area contributed by atoms with Crippen molar-refractivity contribution in [3.05, 3.63) is 64.6 Å². The quantitative estimate of drug-likeness (QED) is 0.684. The summed E-state index contributed by atoms with van der Waals surface area (Å²) in [6, 6.07) is 13.2. The fourth-order valence-electron chi connectivity index (χ4n) is 2.43. The van der Waals surface area contributed by atoms with Gasteiger partial charge in [-0.05, 0) is 35.5 Å². The van der Waals surface area contributed by atoms with Crippen LogP contribution >= 0.6 is 11.8 Å². The Labute approximate surface area is 159 Å². The lowest BCUT2D eigenvalue weighted by Crippen LogP contribution is -2.39. The topological polar surface area (TPSA) is 107 Å². The average Bonchev–Trinajstić information content (AvgIpc) is 2.90. The normalized spacial score (nSPS) is 15.4. The Morgan fingerprint density at radius 1 is 1.11 bits per heavy atom. The lowest BCUT2D eigenvalue weighted by molar-refractivity contribution is -0.129. The molecule has 0 spiro atoms. The maximum atomic E-state index is 12.4. The highest BCUT2D eigenvalue weighted by Crippen LogP contribution is 2.34. The summed E-state index contributed by atoms with van der Waals surface area (Å²) in [5.41, 5.74) is 1.19. The van der Waals surface area contributed by atoms with Crippen LogP contribution in [0.3, 0.4) is 0 Å². The molecule has 3 amide bonds. The van der Waals surface area contributed by atoms with Crippen LogP contribution in [0.15, 0.2) is 53.4 Å². The van der Waals surface area contributed by atoms with Crippen molar-refractivity contribution in [1.82, 2.24) is 10.2 Å². The predicted octanol–water partition coefficient (Wildman–Crippen LogP) is 2.45. The Balaban J connectivity index is 1.65. The molecule has 0 saturated carbocycles. The number of thioether (sulfide) groups is 1. The van der Waals surface area contributed by atoms with E-state index in [4.69, 9.17) is 0 Å². The predicted molar refractivity (Wildman–Crippen MR) is 101 cm³/mol. The van der Waals surface area contributed by atoms with Crippen molar-refractivity contribution in [3.63, 3.8) is 0 Å². The molecule has 3 N–H and O–H groups in total. The molecule has 8 heteroatoms. The van der Waals surface area contributed by atoms with E-state index in [0.29, 0.717) is 18.3 Å². The smallest absolute Gasteiger partial charge is 0.294 e. The highest BCUT2D eigenvalue weighted by atomic mass is 32.2. The van der Waals surface area contributed by atoms with Gasteiger partial charge in [0.15, 0.2) is 0 Å². The molecule has 0 aliphatic carbocycles. The van der Waals surface area contributed by atoms with Gasteiger partial charge in [0.2, 0.25) is 5.91 Å². The molecule has 1 heterocycles. The second-order valence-electron chi connectivity index (χ2n) is 5.77. The van der Waals surface area contributed by atoms with E-state index in [9.17, 15) is 24.6 Å². The third-order valence-electron chi connectivity index (χ3n) is 3.81. The number of nitrogens with zero attached hydrogens (tertiary/aromatic N) is 1. The van der Waals surface area contributed by atoms with Gasteiger partial charge in [0.1, 0.15) is 18.0 Å². The number of phenols is 2. The van der Waals surface area contributed by atoms with Crippen LogP contribution in [0.2, 0.25) is 0 Å². The van der Waals surface area contributed by atoms with Crippen LogP contribution in [0.1, 0.15) is 11.1 Å². The first-order chi connectivity index (χ1) is 12.9. The highest BCUT2D eigenvalue weighted by Gasteiger charge is 2.36. The number of carbonyl (C=O) groups excluding carboxylic acids is 3. The molecule has 0 aromatic heterocycles. The fraction of sp³-hybridized carbons (Fsp3) is 0.105. The number of nitrogens with one attached hydrogen (secondary N) is 1. The molecular formula is C19H16N2O5S. The Morgan fingerprint density at radius 2 is 1.85 bits per heavy atom. The van der Waals surface area contributed by atoms with Gasteiger partial charge in [0.05, 0.1) is 4.91 Å². The van der Waals surface area contributed by atoms with Crippen molar-refractivity contribution >= 4 is 34.9 Å². The van der Waals surface area contributed by atoms with Crippen LogP contribution in [0.4, 0.5) is 4.79 Å². The molecule has 0 radical (unpaired) electrons. The minimum Gasteiger partial charge on any atom is -0.508 e. The van der Waals surface area contributed by atoms with Gasteiger partial charge in [-0.3, -0.25) is 19.3 Å². The minimum atomic E-state index is -0.604. The molecule has 1 saturated heterocycles. The van der Waals surface area contributed by atoms with Crippen LogP contribution in [-0.2, 0) is 16.1 Å². The third kappa shape index (κ3) is 4.48. The molecule has 1 aliphatic heterocycles. The lowest BCUT2D eigenvalue weighted by atomic mass is 10.1. The molecule has 27 heavy (non-hydrogen) atoms. The summed E-state index contributed by atoms with van der Waals surface area (Å²) in [5.74, 6) is -1.39. The van der Waals surface area contributed by atoms with E-state index in [-0.39, 0.29) is 28.5 Å². The lowest BCUT2D eigenvalue weighted by Gasteiger charge is -2.12. The summed E-state index contributed by atoms with van der Waals surface area (Å²) in [6.07, 6.45) is 1.35. The van der Waals surface area contributed by atoms with E-state index in [2.05, 4.69) is 5.32 Å². The summed E-state index contributed by atoms with van der Waals surface area (Å²) in [5, 5.41) is 21.2. The molecule has 0 bridgehead atoms. The van der Waals surface area contributed by atoms with Gasteiger partial charge in [-0.2, -0.15) is 0 Å². The van der Waals surface area contributed by atoms with E-state index in [1.165, 1.54) is 18.2 Å². The first kappa shape index (κ1) is 18.5. The van der Waals surface area contributed by atoms with E-state index in [0.717, 1.165) is 16.5 Å². The van der Waals surface area contributed by atoms with E-state index < -0.39 is 17.1 Å². The molecule has 138 valence electrons. The van der Waals surface area contributed by atoms with Crippen molar-refractivity contribution in [3.8, 4) is 11.5 Å². The Kier molecular flexibility index (Phi) is 5.46. The first-order valence-corrected chi connectivity index (χ1v) is 8.83. The monoisotopic (exact) mass is 384 g/mol. The van der Waals surface area contributed by atoms with Crippen LogP contribution in [-0.4, -0.2) is 38.7 Å². The number of phenolic OH excluding ortho intramolecular Hbond substituents is 2. The molecule has 3 rings (SSSR count). The SMILES string of the molecule is O=C(CN1C(=O)S/C(=C\c2ccc(O)cc2O)C1=O)NCc1ccccc1. The number of hydrogen-bond acceptors (Lipinski definition) is 6. The van der Waals surface area contributed by atoms with Crippen LogP contribution < -0.4 is 5.32 Å². The van der Waals surface area contributed by atoms with Gasteiger partial charge in [0, 0.05) is 18.2 Å². The standard InChI is InChI=1S/C19H16N2O5S/c22-14-7-6-13(15(23)9-14)8-16-18(25)21(19(26)27-16)11-17(24)20-10-12-4-2-1-3-5-12/h1-9,22-23H,10-11H2,(H,20,24)/b16-8-. The zero-order valence-corrected chi connectivity index (χ0v) is 14.9. The van der Waals surface area contributed by atoms with Crippen molar-refractivity contribution in [1.29, 1.82) is 0 Å². The molecule has 1 aliphatic rings. The summed E-state index contributed by atoms with van der Waals surface area (Å²) < 4.78 is 0. The van der Waals surface area contributed by atoms with Gasteiger partial charge in [-0.15, -0.1) is 0 Å². The number of benzene rings is 2. The molecule has 0 unspecified atom stereocenters. The number of amides is 3. The van der Waals surface area contributed by atoms with E-state index in [1.54, 1.807) is 0 Å². The van der Waals surface area contributed by atoms with Crippen LogP contribution in [0, 0.1) is 0 Å². The second-order valence-corrected chi connectivity index (χ2v) is 6.77. The molecular weight excluding hydrogens is 368 g/mol. The van der Waals surface area contributed by atoms with Gasteiger partial charge >= 0.3 is 0 Å². The number of aromatic hydroxyl groups is 2. The average molecular weight is 384 g/mol. The van der Waals surface area contributed by atoms with Crippen molar-refractivity contribution < 1.29 is 24.6 Å². The zero-order valence-electron chi connectivity index (χ0n) is 14.1. The molecule has 0 atom stereocenters. The summed E-state index contributed by atoms with van der Waals surface area (Å²) in [6.45, 7) is -0.0798. The number of rotatable bonds is 5. The van der Waals surface area contributed by atoms with Crippen LogP contribution in [0.5, 0.6) is 11.5 Å². The maximum Gasteiger partial charge on any atom is 0.294 e. The Morgan fingerprint density at radius 3 is 2.56 bits per heavy atom. The largest absolute Gasteiger partial charge is 0.508 e. The zero-order chi connectivity index (χ0) is 19.4. The van der Waals surface area contributed by atoms with Gasteiger partial charge < -0.3 is 15.5 Å². The molecule has 2 aromatic rings. The summed E-state index contributed by atoms with van der Waals surface area (Å²) in [4.78, 5) is 37.5. The first-order valence-electron chi connectivity index (χ1n) is 8.02. The van der Waals surface area contributed by atoms with Gasteiger partial charge in [-0.1, -0.05) is 30.3 Å². The minimum absolute atomic E-state index is 0.0943. The van der Waals surface area contributed by atoms with E-state index >= 15 is 0 Å². The van der Waals surface area contributed by atoms with E-state index in [1.807, 2.05) is 30.3 Å². The molecule has 2 aromatic carbocycles. The van der Waals surface area contributed by atoms with Gasteiger partial charge in [0.25, 0.3) is 11.1 Å².